The quantitative estimate of drug-likeness (QED) is 0.548. The molecule has 5 heteroatoms. The molecule has 0 radical (unpaired) electrons. The van der Waals surface area contributed by atoms with Crippen LogP contribution in [-0.2, 0) is 0 Å². The maximum Gasteiger partial charge on any atom is 0.195 e. The molecule has 1 aliphatic heterocycles. The highest BCUT2D eigenvalue weighted by molar-refractivity contribution is 5.79. The molecule has 0 aliphatic carbocycles. The molecule has 1 unspecified atom stereocenters. The van der Waals surface area contributed by atoms with Crippen molar-refractivity contribution in [3.05, 3.63) is 0 Å². The zero-order valence-corrected chi connectivity index (χ0v) is 13.6. The van der Waals surface area contributed by atoms with Gasteiger partial charge in [0, 0.05) is 60.4 Å². The number of hydrogen-bond donors (Lipinski definition) is 0. The van der Waals surface area contributed by atoms with Crippen LogP contribution in [0.25, 0.3) is 0 Å². The summed E-state index contributed by atoms with van der Waals surface area (Å²) in [6, 6.07) is 0.522. The average Bonchev–Trinajstić information content (AvgIpc) is 2.38. The van der Waals surface area contributed by atoms with Crippen LogP contribution < -0.4 is 0 Å². The average molecular weight is 269 g/mol. The van der Waals surface area contributed by atoms with Crippen LogP contribution in [0.4, 0.5) is 0 Å². The van der Waals surface area contributed by atoms with Crippen LogP contribution in [0.3, 0.4) is 0 Å². The normalized spacial score (nSPS) is 19.1. The molecule has 1 aliphatic rings. The molecule has 1 saturated heterocycles. The van der Waals surface area contributed by atoms with Gasteiger partial charge in [0.25, 0.3) is 0 Å². The minimum atomic E-state index is 0.522. The standard InChI is InChI=1S/C14H31N5/c1-7-18-8-10-19(11-9-18)13(2)12-15-14(16(3)4)17(5)6/h13H,7-12H2,1-6H3. The predicted octanol–water partition coefficient (Wildman–Crippen LogP) is 0.492. The lowest BCUT2D eigenvalue weighted by molar-refractivity contribution is 0.109. The van der Waals surface area contributed by atoms with E-state index in [-0.39, 0.29) is 0 Å². The highest BCUT2D eigenvalue weighted by Crippen LogP contribution is 2.06. The van der Waals surface area contributed by atoms with Crippen LogP contribution in [0.2, 0.25) is 0 Å². The van der Waals surface area contributed by atoms with E-state index < -0.39 is 0 Å². The molecule has 1 heterocycles. The Morgan fingerprint density at radius 1 is 1.05 bits per heavy atom. The van der Waals surface area contributed by atoms with Crippen molar-refractivity contribution in [1.82, 2.24) is 19.6 Å². The Bertz CT molecular complexity index is 270. The molecule has 0 N–H and O–H groups in total. The Kier molecular flexibility index (Phi) is 6.58. The van der Waals surface area contributed by atoms with E-state index in [9.17, 15) is 0 Å². The van der Waals surface area contributed by atoms with Gasteiger partial charge in [0.05, 0.1) is 6.54 Å². The van der Waals surface area contributed by atoms with Crippen LogP contribution >= 0.6 is 0 Å². The number of guanidine groups is 1. The smallest absolute Gasteiger partial charge is 0.195 e. The van der Waals surface area contributed by atoms with E-state index in [2.05, 4.69) is 33.4 Å². The summed E-state index contributed by atoms with van der Waals surface area (Å²) < 4.78 is 0. The van der Waals surface area contributed by atoms with Crippen molar-refractivity contribution in [2.24, 2.45) is 4.99 Å². The SMILES string of the molecule is CCN1CCN(C(C)CN=C(N(C)C)N(C)C)CC1. The van der Waals surface area contributed by atoms with Crippen molar-refractivity contribution in [2.75, 3.05) is 67.5 Å². The second-order valence-corrected chi connectivity index (χ2v) is 5.75. The van der Waals surface area contributed by atoms with E-state index in [0.29, 0.717) is 6.04 Å². The van der Waals surface area contributed by atoms with E-state index in [4.69, 9.17) is 4.99 Å². The molecule has 0 saturated carbocycles. The topological polar surface area (TPSA) is 25.3 Å². The van der Waals surface area contributed by atoms with E-state index >= 15 is 0 Å². The van der Waals surface area contributed by atoms with Crippen molar-refractivity contribution in [2.45, 2.75) is 19.9 Å². The Hall–Kier alpha value is -0.810. The van der Waals surface area contributed by atoms with Gasteiger partial charge < -0.3 is 14.7 Å². The second kappa shape index (κ2) is 7.70. The summed E-state index contributed by atoms with van der Waals surface area (Å²) in [5.41, 5.74) is 0. The third-order valence-electron chi connectivity index (χ3n) is 3.77. The zero-order valence-electron chi connectivity index (χ0n) is 13.6. The lowest BCUT2D eigenvalue weighted by Gasteiger charge is -2.37. The summed E-state index contributed by atoms with van der Waals surface area (Å²) in [4.78, 5) is 14.0. The van der Waals surface area contributed by atoms with Gasteiger partial charge in [-0.25, -0.2) is 0 Å². The summed E-state index contributed by atoms with van der Waals surface area (Å²) in [6.07, 6.45) is 0. The van der Waals surface area contributed by atoms with Gasteiger partial charge in [-0.15, -0.1) is 0 Å². The molecule has 5 nitrogen and oxygen atoms in total. The third kappa shape index (κ3) is 4.99. The number of rotatable bonds is 4. The van der Waals surface area contributed by atoms with Gasteiger partial charge >= 0.3 is 0 Å². The van der Waals surface area contributed by atoms with Gasteiger partial charge in [-0.2, -0.15) is 0 Å². The first-order valence-corrected chi connectivity index (χ1v) is 7.31. The van der Waals surface area contributed by atoms with Gasteiger partial charge in [0.1, 0.15) is 0 Å². The fraction of sp³-hybridized carbons (Fsp3) is 0.929. The minimum absolute atomic E-state index is 0.522. The van der Waals surface area contributed by atoms with E-state index in [1.54, 1.807) is 0 Å². The first-order chi connectivity index (χ1) is 8.95. The van der Waals surface area contributed by atoms with E-state index in [1.807, 2.05) is 28.2 Å². The van der Waals surface area contributed by atoms with Crippen molar-refractivity contribution >= 4 is 5.96 Å². The molecular formula is C14H31N5. The van der Waals surface area contributed by atoms with Crippen LogP contribution in [0.5, 0.6) is 0 Å². The van der Waals surface area contributed by atoms with Gasteiger partial charge in [0.15, 0.2) is 5.96 Å². The lowest BCUT2D eigenvalue weighted by Crippen LogP contribution is -2.50. The van der Waals surface area contributed by atoms with Gasteiger partial charge in [0.2, 0.25) is 0 Å². The zero-order chi connectivity index (χ0) is 14.4. The van der Waals surface area contributed by atoms with Crippen LogP contribution in [0, 0.1) is 0 Å². The molecule has 1 fully saturated rings. The Morgan fingerprint density at radius 3 is 2.00 bits per heavy atom. The van der Waals surface area contributed by atoms with Gasteiger partial charge in [-0.1, -0.05) is 6.92 Å². The maximum absolute atomic E-state index is 4.75. The second-order valence-electron chi connectivity index (χ2n) is 5.75. The largest absolute Gasteiger partial charge is 0.349 e. The van der Waals surface area contributed by atoms with Gasteiger partial charge in [-0.05, 0) is 13.5 Å². The minimum Gasteiger partial charge on any atom is -0.349 e. The summed E-state index contributed by atoms with van der Waals surface area (Å²) >= 11 is 0. The predicted molar refractivity (Wildman–Crippen MR) is 82.8 cm³/mol. The first kappa shape index (κ1) is 16.2. The summed E-state index contributed by atoms with van der Waals surface area (Å²) in [7, 11) is 8.18. The Balaban J connectivity index is 2.46. The molecule has 1 atom stereocenters. The summed E-state index contributed by atoms with van der Waals surface area (Å²) in [5.74, 6) is 1.04. The highest BCUT2D eigenvalue weighted by Gasteiger charge is 2.20. The molecular weight excluding hydrogens is 238 g/mol. The lowest BCUT2D eigenvalue weighted by atomic mass is 10.2. The Labute approximate surface area is 118 Å². The monoisotopic (exact) mass is 269 g/mol. The van der Waals surface area contributed by atoms with Crippen LogP contribution in [0.15, 0.2) is 4.99 Å². The summed E-state index contributed by atoms with van der Waals surface area (Å²) in [6.45, 7) is 11.3. The molecule has 19 heavy (non-hydrogen) atoms. The first-order valence-electron chi connectivity index (χ1n) is 7.31. The van der Waals surface area contributed by atoms with Gasteiger partial charge in [-0.3, -0.25) is 9.89 Å². The fourth-order valence-electron chi connectivity index (χ4n) is 2.53. The molecule has 112 valence electrons. The highest BCUT2D eigenvalue weighted by atomic mass is 15.3. The van der Waals surface area contributed by atoms with Crippen molar-refractivity contribution < 1.29 is 0 Å². The van der Waals surface area contributed by atoms with E-state index in [0.717, 1.165) is 12.5 Å². The molecule has 1 rings (SSSR count). The van der Waals surface area contributed by atoms with Crippen LogP contribution in [0.1, 0.15) is 13.8 Å². The number of likely N-dealkylation sites (N-methyl/N-ethyl adjacent to an activating group) is 1. The number of aliphatic imine (C=N–C) groups is 1. The third-order valence-corrected chi connectivity index (χ3v) is 3.77. The number of hydrogen-bond acceptors (Lipinski definition) is 3. The van der Waals surface area contributed by atoms with Crippen molar-refractivity contribution in [3.8, 4) is 0 Å². The van der Waals surface area contributed by atoms with Crippen LogP contribution in [-0.4, -0.2) is 99.1 Å². The molecule has 0 amide bonds. The van der Waals surface area contributed by atoms with Crippen molar-refractivity contribution in [1.29, 1.82) is 0 Å². The molecule has 0 aromatic rings. The molecule has 0 aromatic heterocycles. The Morgan fingerprint density at radius 2 is 1.58 bits per heavy atom. The fourth-order valence-corrected chi connectivity index (χ4v) is 2.53. The number of nitrogens with zero attached hydrogens (tertiary/aromatic N) is 5. The maximum atomic E-state index is 4.75. The molecule has 0 spiro atoms. The van der Waals surface area contributed by atoms with E-state index in [1.165, 1.54) is 32.7 Å². The summed E-state index contributed by atoms with van der Waals surface area (Å²) in [5, 5.41) is 0. The van der Waals surface area contributed by atoms with Crippen molar-refractivity contribution in [3.63, 3.8) is 0 Å². The molecule has 0 aromatic carbocycles. The molecule has 0 bridgehead atoms. The number of piperazine rings is 1.